The molecule has 0 bridgehead atoms. The van der Waals surface area contributed by atoms with Crippen molar-refractivity contribution in [2.45, 2.75) is 46.3 Å². The average Bonchev–Trinajstić information content (AvgIpc) is 2.14. The minimum atomic E-state index is -0.584. The molecule has 0 amide bonds. The van der Waals surface area contributed by atoms with Gasteiger partial charge in [0.25, 0.3) is 0 Å². The molecular formula is C11H17O5Ti. The van der Waals surface area contributed by atoms with Crippen molar-refractivity contribution >= 4 is 11.8 Å². The number of hydrogen-bond donors (Lipinski definition) is 0. The molecule has 0 unspecified atom stereocenters. The van der Waals surface area contributed by atoms with E-state index in [4.69, 9.17) is 9.47 Å². The normalized spacial score (nSPS) is 9.94. The molecule has 0 N–H and O–H groups in total. The quantitative estimate of drug-likeness (QED) is 0.306. The van der Waals surface area contributed by atoms with E-state index in [9.17, 15) is 9.59 Å². The van der Waals surface area contributed by atoms with E-state index >= 15 is 0 Å². The fourth-order valence-corrected chi connectivity index (χ4v) is 1.03. The molecule has 0 radical (unpaired) electrons. The number of ketones is 1. The molecule has 0 saturated heterocycles. The monoisotopic (exact) mass is 277 g/mol. The fourth-order valence-electron chi connectivity index (χ4n) is 0.921. The van der Waals surface area contributed by atoms with Gasteiger partial charge in [0.2, 0.25) is 0 Å². The van der Waals surface area contributed by atoms with Gasteiger partial charge in [0, 0.05) is 0 Å². The van der Waals surface area contributed by atoms with E-state index < -0.39 is 11.8 Å². The van der Waals surface area contributed by atoms with E-state index in [0.717, 1.165) is 0 Å². The van der Waals surface area contributed by atoms with Gasteiger partial charge in [-0.3, -0.25) is 0 Å². The van der Waals surface area contributed by atoms with Gasteiger partial charge in [-0.25, -0.2) is 0 Å². The molecule has 0 rings (SSSR count). The van der Waals surface area contributed by atoms with Crippen LogP contribution in [0.25, 0.3) is 0 Å². The van der Waals surface area contributed by atoms with Gasteiger partial charge in [-0.2, -0.15) is 0 Å². The first-order valence-corrected chi connectivity index (χ1v) is 5.93. The van der Waals surface area contributed by atoms with Crippen molar-refractivity contribution in [2.24, 2.45) is 0 Å². The predicted octanol–water partition coefficient (Wildman–Crippen LogP) is 1.64. The van der Waals surface area contributed by atoms with Crippen LogP contribution in [0.3, 0.4) is 0 Å². The molecule has 17 heavy (non-hydrogen) atoms. The van der Waals surface area contributed by atoms with Crippen molar-refractivity contribution in [1.29, 1.82) is 0 Å². The zero-order chi connectivity index (χ0) is 13.4. The summed E-state index contributed by atoms with van der Waals surface area (Å²) in [6.07, 6.45) is 0.650. The Labute approximate surface area is 113 Å². The van der Waals surface area contributed by atoms with Crippen LogP contribution in [0.1, 0.15) is 34.1 Å². The Balaban J connectivity index is 4.54. The van der Waals surface area contributed by atoms with Gasteiger partial charge >= 0.3 is 113 Å². The maximum absolute atomic E-state index is 11.4. The SMILES string of the molecule is CC(C)OC(=CC(=O)CC(=O)[O][Ti])OC(C)C. The number of carbonyl (C=O) groups excluding carboxylic acids is 2. The first kappa shape index (κ1) is 16.2. The van der Waals surface area contributed by atoms with Gasteiger partial charge < -0.3 is 0 Å². The van der Waals surface area contributed by atoms with E-state index in [2.05, 4.69) is 3.32 Å². The number of carbonyl (C=O) groups is 2. The second kappa shape index (κ2) is 8.31. The second-order valence-electron chi connectivity index (χ2n) is 3.91. The molecular weight excluding hydrogens is 260 g/mol. The van der Waals surface area contributed by atoms with Crippen LogP contribution in [0.4, 0.5) is 0 Å². The molecule has 6 heteroatoms. The first-order valence-electron chi connectivity index (χ1n) is 5.29. The molecule has 5 nitrogen and oxygen atoms in total. The van der Waals surface area contributed by atoms with Crippen molar-refractivity contribution < 1.29 is 43.2 Å². The van der Waals surface area contributed by atoms with Crippen LogP contribution < -0.4 is 0 Å². The standard InChI is InChI=1S/C11H18O5.Ti/c1-7(2)15-11(16-8(3)4)6-9(12)5-10(13)14;/h6-8H,5H2,1-4H3,(H,13,14);/q;+1/p-1. The summed E-state index contributed by atoms with van der Waals surface area (Å²) >= 11 is 1.23. The molecule has 0 aliphatic heterocycles. The van der Waals surface area contributed by atoms with Gasteiger partial charge in [-0.15, -0.1) is 0 Å². The van der Waals surface area contributed by atoms with Crippen molar-refractivity contribution in [3.8, 4) is 0 Å². The summed E-state index contributed by atoms with van der Waals surface area (Å²) in [5, 5.41) is 0. The van der Waals surface area contributed by atoms with Gasteiger partial charge in [0.1, 0.15) is 0 Å². The summed E-state index contributed by atoms with van der Waals surface area (Å²) < 4.78 is 15.0. The summed E-state index contributed by atoms with van der Waals surface area (Å²) in [7, 11) is 0. The third-order valence-electron chi connectivity index (χ3n) is 1.41. The third-order valence-corrected chi connectivity index (χ3v) is 1.77. The molecule has 0 aromatic carbocycles. The Hall–Kier alpha value is -0.806. The van der Waals surface area contributed by atoms with Gasteiger partial charge in [-0.05, 0) is 0 Å². The summed E-state index contributed by atoms with van der Waals surface area (Å²) in [6, 6.07) is 0. The van der Waals surface area contributed by atoms with Gasteiger partial charge in [0.15, 0.2) is 0 Å². The van der Waals surface area contributed by atoms with Crippen LogP contribution in [0, 0.1) is 0 Å². The summed E-state index contributed by atoms with van der Waals surface area (Å²) in [5.41, 5.74) is 0. The van der Waals surface area contributed by atoms with E-state index in [-0.39, 0.29) is 24.6 Å². The zero-order valence-corrected chi connectivity index (χ0v) is 12.0. The Kier molecular flexibility index (Phi) is 7.92. The van der Waals surface area contributed by atoms with Gasteiger partial charge in [0.05, 0.1) is 0 Å². The second-order valence-corrected chi connectivity index (χ2v) is 4.23. The molecule has 0 aromatic heterocycles. The van der Waals surface area contributed by atoms with Crippen LogP contribution in [-0.2, 0) is 43.2 Å². The Morgan fingerprint density at radius 1 is 1.12 bits per heavy atom. The molecule has 0 aliphatic rings. The van der Waals surface area contributed by atoms with Crippen LogP contribution in [0.2, 0.25) is 0 Å². The number of hydrogen-bond acceptors (Lipinski definition) is 5. The van der Waals surface area contributed by atoms with Crippen molar-refractivity contribution in [2.75, 3.05) is 0 Å². The molecule has 0 saturated carbocycles. The Bertz CT molecular complexity index is 284. The maximum atomic E-state index is 11.4. The molecule has 95 valence electrons. The molecule has 0 spiro atoms. The summed E-state index contributed by atoms with van der Waals surface area (Å²) in [5.74, 6) is -0.864. The molecule has 0 heterocycles. The predicted molar refractivity (Wildman–Crippen MR) is 56.2 cm³/mol. The molecule has 0 aliphatic carbocycles. The van der Waals surface area contributed by atoms with Crippen molar-refractivity contribution in [3.05, 3.63) is 12.0 Å². The van der Waals surface area contributed by atoms with Gasteiger partial charge in [-0.1, -0.05) is 0 Å². The first-order chi connectivity index (χ1) is 7.85. The van der Waals surface area contributed by atoms with Crippen LogP contribution in [0.15, 0.2) is 12.0 Å². The Morgan fingerprint density at radius 2 is 1.59 bits per heavy atom. The minimum absolute atomic E-state index is 0.106. The van der Waals surface area contributed by atoms with Crippen LogP contribution in [-0.4, -0.2) is 24.0 Å². The summed E-state index contributed by atoms with van der Waals surface area (Å²) in [4.78, 5) is 22.3. The molecule has 0 fully saturated rings. The number of ether oxygens (including phenoxy) is 2. The average molecular weight is 277 g/mol. The topological polar surface area (TPSA) is 61.8 Å². The molecule has 0 atom stereocenters. The van der Waals surface area contributed by atoms with E-state index in [1.165, 1.54) is 26.9 Å². The van der Waals surface area contributed by atoms with Crippen LogP contribution in [0.5, 0.6) is 0 Å². The van der Waals surface area contributed by atoms with E-state index in [0.29, 0.717) is 0 Å². The van der Waals surface area contributed by atoms with E-state index in [1.54, 1.807) is 0 Å². The van der Waals surface area contributed by atoms with E-state index in [1.807, 2.05) is 27.7 Å². The molecule has 0 aromatic rings. The number of allylic oxidation sites excluding steroid dienone is 1. The van der Waals surface area contributed by atoms with Crippen molar-refractivity contribution in [1.82, 2.24) is 0 Å². The Morgan fingerprint density at radius 3 is 1.94 bits per heavy atom. The zero-order valence-electron chi connectivity index (χ0n) is 10.5. The summed E-state index contributed by atoms with van der Waals surface area (Å²) in [6.45, 7) is 7.29. The van der Waals surface area contributed by atoms with Crippen molar-refractivity contribution in [3.63, 3.8) is 0 Å². The van der Waals surface area contributed by atoms with Crippen LogP contribution >= 0.6 is 0 Å². The fraction of sp³-hybridized carbons (Fsp3) is 0.636. The number of rotatable bonds is 7. The third kappa shape index (κ3) is 8.95.